The second-order valence-electron chi connectivity index (χ2n) is 4.86. The molecule has 19 heavy (non-hydrogen) atoms. The van der Waals surface area contributed by atoms with Crippen LogP contribution in [0.3, 0.4) is 0 Å². The van der Waals surface area contributed by atoms with Gasteiger partial charge in [0.25, 0.3) is 0 Å². The van der Waals surface area contributed by atoms with E-state index >= 15 is 0 Å². The highest BCUT2D eigenvalue weighted by molar-refractivity contribution is 7.91. The first-order valence-corrected chi connectivity index (χ1v) is 8.07. The molecule has 0 aromatic heterocycles. The molecule has 0 saturated heterocycles. The Hall–Kier alpha value is -1.54. The highest BCUT2D eigenvalue weighted by atomic mass is 32.2. The molecule has 1 aliphatic rings. The highest BCUT2D eigenvalue weighted by Gasteiger charge is 2.28. The Kier molecular flexibility index (Phi) is 4.11. The van der Waals surface area contributed by atoms with E-state index in [9.17, 15) is 8.42 Å². The standard InChI is InChI=1S/C14H17NO3S/c1-18-14-7-6-11(8-12(14)9-15)10-19(16,17)13-4-2-3-5-13/h6-8,13H,2-5,10H2,1H3. The molecule has 4 nitrogen and oxygen atoms in total. The molecule has 0 unspecified atom stereocenters. The van der Waals surface area contributed by atoms with Gasteiger partial charge in [-0.15, -0.1) is 0 Å². The summed E-state index contributed by atoms with van der Waals surface area (Å²) in [5.41, 5.74) is 1.03. The third-order valence-electron chi connectivity index (χ3n) is 3.56. The average molecular weight is 279 g/mol. The second kappa shape index (κ2) is 5.62. The summed E-state index contributed by atoms with van der Waals surface area (Å²) in [6.07, 6.45) is 3.53. The van der Waals surface area contributed by atoms with Gasteiger partial charge in [-0.1, -0.05) is 18.9 Å². The molecule has 1 aliphatic carbocycles. The Morgan fingerprint density at radius 2 is 2.05 bits per heavy atom. The predicted molar refractivity (Wildman–Crippen MR) is 72.6 cm³/mol. The number of rotatable bonds is 4. The lowest BCUT2D eigenvalue weighted by Crippen LogP contribution is -2.19. The molecule has 0 spiro atoms. The lowest BCUT2D eigenvalue weighted by Gasteiger charge is -2.11. The maximum Gasteiger partial charge on any atom is 0.157 e. The van der Waals surface area contributed by atoms with Gasteiger partial charge in [0, 0.05) is 0 Å². The Morgan fingerprint density at radius 1 is 1.37 bits per heavy atom. The normalized spacial score (nSPS) is 16.2. The van der Waals surface area contributed by atoms with Crippen molar-refractivity contribution < 1.29 is 13.2 Å². The lowest BCUT2D eigenvalue weighted by atomic mass is 10.1. The third kappa shape index (κ3) is 3.07. The number of sulfone groups is 1. The summed E-state index contributed by atoms with van der Waals surface area (Å²) in [6.45, 7) is 0. The van der Waals surface area contributed by atoms with Crippen LogP contribution in [0.5, 0.6) is 5.75 Å². The summed E-state index contributed by atoms with van der Waals surface area (Å²) in [4.78, 5) is 0. The first-order chi connectivity index (χ1) is 9.06. The number of nitriles is 1. The van der Waals surface area contributed by atoms with E-state index in [1.54, 1.807) is 18.2 Å². The minimum absolute atomic E-state index is 0.0103. The number of hydrogen-bond acceptors (Lipinski definition) is 4. The number of benzene rings is 1. The van der Waals surface area contributed by atoms with Crippen LogP contribution in [0, 0.1) is 11.3 Å². The zero-order valence-electron chi connectivity index (χ0n) is 10.9. The van der Waals surface area contributed by atoms with Gasteiger partial charge in [-0.25, -0.2) is 8.42 Å². The van der Waals surface area contributed by atoms with Crippen molar-refractivity contribution in [3.05, 3.63) is 29.3 Å². The minimum atomic E-state index is -3.11. The summed E-state index contributed by atoms with van der Waals surface area (Å²) in [7, 11) is -1.62. The third-order valence-corrected chi connectivity index (χ3v) is 5.79. The molecule has 0 heterocycles. The molecule has 0 atom stereocenters. The van der Waals surface area contributed by atoms with Gasteiger partial charge in [0.1, 0.15) is 11.8 Å². The Morgan fingerprint density at radius 3 is 2.63 bits per heavy atom. The van der Waals surface area contributed by atoms with Crippen molar-refractivity contribution in [1.29, 1.82) is 5.26 Å². The van der Waals surface area contributed by atoms with Crippen molar-refractivity contribution in [1.82, 2.24) is 0 Å². The molecule has 0 amide bonds. The van der Waals surface area contributed by atoms with Crippen LogP contribution in [0.15, 0.2) is 18.2 Å². The number of hydrogen-bond donors (Lipinski definition) is 0. The van der Waals surface area contributed by atoms with Gasteiger partial charge in [-0.05, 0) is 30.5 Å². The van der Waals surface area contributed by atoms with E-state index in [1.807, 2.05) is 6.07 Å². The smallest absolute Gasteiger partial charge is 0.157 e. The topological polar surface area (TPSA) is 67.2 Å². The molecule has 0 N–H and O–H groups in total. The van der Waals surface area contributed by atoms with E-state index < -0.39 is 9.84 Å². The minimum Gasteiger partial charge on any atom is -0.495 e. The maximum atomic E-state index is 12.2. The number of nitrogens with zero attached hydrogens (tertiary/aromatic N) is 1. The molecule has 102 valence electrons. The van der Waals surface area contributed by atoms with Crippen LogP contribution in [-0.2, 0) is 15.6 Å². The average Bonchev–Trinajstić information content (AvgIpc) is 2.93. The van der Waals surface area contributed by atoms with E-state index in [0.29, 0.717) is 16.9 Å². The molecule has 1 aromatic rings. The van der Waals surface area contributed by atoms with Gasteiger partial charge in [-0.3, -0.25) is 0 Å². The zero-order chi connectivity index (χ0) is 13.9. The Balaban J connectivity index is 2.22. The second-order valence-corrected chi connectivity index (χ2v) is 7.14. The van der Waals surface area contributed by atoms with Gasteiger partial charge < -0.3 is 4.74 Å². The molecule has 1 saturated carbocycles. The van der Waals surface area contributed by atoms with Crippen LogP contribution >= 0.6 is 0 Å². The van der Waals surface area contributed by atoms with E-state index in [-0.39, 0.29) is 11.0 Å². The van der Waals surface area contributed by atoms with Gasteiger partial charge in [0.15, 0.2) is 9.84 Å². The lowest BCUT2D eigenvalue weighted by molar-refractivity contribution is 0.413. The molecule has 0 aliphatic heterocycles. The summed E-state index contributed by atoms with van der Waals surface area (Å²) in [5.74, 6) is 0.487. The van der Waals surface area contributed by atoms with E-state index in [1.165, 1.54) is 7.11 Å². The van der Waals surface area contributed by atoms with Crippen LogP contribution in [-0.4, -0.2) is 20.8 Å². The van der Waals surface area contributed by atoms with Crippen LogP contribution in [0.2, 0.25) is 0 Å². The summed E-state index contributed by atoms with van der Waals surface area (Å²) < 4.78 is 29.5. The van der Waals surface area contributed by atoms with Crippen molar-refractivity contribution in [2.75, 3.05) is 7.11 Å². The fourth-order valence-electron chi connectivity index (χ4n) is 2.53. The summed E-state index contributed by atoms with van der Waals surface area (Å²) in [6, 6.07) is 6.99. The van der Waals surface area contributed by atoms with Crippen molar-refractivity contribution in [2.24, 2.45) is 0 Å². The van der Waals surface area contributed by atoms with Crippen LogP contribution < -0.4 is 4.74 Å². The maximum absolute atomic E-state index is 12.2. The molecule has 1 fully saturated rings. The largest absolute Gasteiger partial charge is 0.495 e. The van der Waals surface area contributed by atoms with Gasteiger partial charge in [0.2, 0.25) is 0 Å². The van der Waals surface area contributed by atoms with Crippen LogP contribution in [0.1, 0.15) is 36.8 Å². The van der Waals surface area contributed by atoms with Gasteiger partial charge >= 0.3 is 0 Å². The quantitative estimate of drug-likeness (QED) is 0.849. The fourth-order valence-corrected chi connectivity index (χ4v) is 4.46. The van der Waals surface area contributed by atoms with Gasteiger partial charge in [0.05, 0.1) is 23.7 Å². The first-order valence-electron chi connectivity index (χ1n) is 6.35. The van der Waals surface area contributed by atoms with Crippen molar-refractivity contribution >= 4 is 9.84 Å². The molecule has 0 bridgehead atoms. The molecule has 2 rings (SSSR count). The van der Waals surface area contributed by atoms with E-state index in [0.717, 1.165) is 25.7 Å². The van der Waals surface area contributed by atoms with Crippen molar-refractivity contribution in [3.63, 3.8) is 0 Å². The molecule has 1 aromatic carbocycles. The van der Waals surface area contributed by atoms with Crippen LogP contribution in [0.25, 0.3) is 0 Å². The summed E-state index contributed by atoms with van der Waals surface area (Å²) >= 11 is 0. The molecular weight excluding hydrogens is 262 g/mol. The summed E-state index contributed by atoms with van der Waals surface area (Å²) in [5, 5.41) is 8.80. The van der Waals surface area contributed by atoms with Gasteiger partial charge in [-0.2, -0.15) is 5.26 Å². The Labute approximate surface area is 113 Å². The molecule has 0 radical (unpaired) electrons. The van der Waals surface area contributed by atoms with E-state index in [2.05, 4.69) is 0 Å². The zero-order valence-corrected chi connectivity index (χ0v) is 11.7. The van der Waals surface area contributed by atoms with Crippen molar-refractivity contribution in [3.8, 4) is 11.8 Å². The van der Waals surface area contributed by atoms with Crippen molar-refractivity contribution in [2.45, 2.75) is 36.7 Å². The number of methoxy groups -OCH3 is 1. The predicted octanol–water partition coefficient (Wildman–Crippen LogP) is 2.42. The monoisotopic (exact) mass is 279 g/mol. The number of ether oxygens (including phenoxy) is 1. The van der Waals surface area contributed by atoms with Crippen LogP contribution in [0.4, 0.5) is 0 Å². The highest BCUT2D eigenvalue weighted by Crippen LogP contribution is 2.28. The first kappa shape index (κ1) is 13.9. The molecular formula is C14H17NO3S. The Bertz CT molecular complexity index is 596. The fraction of sp³-hybridized carbons (Fsp3) is 0.500. The molecule has 5 heteroatoms. The SMILES string of the molecule is COc1ccc(CS(=O)(=O)C2CCCC2)cc1C#N. The van der Waals surface area contributed by atoms with E-state index in [4.69, 9.17) is 10.00 Å².